The van der Waals surface area contributed by atoms with Crippen LogP contribution in [0.2, 0.25) is 0 Å². The molecular weight excluding hydrogens is 294 g/mol. The second-order valence-corrected chi connectivity index (χ2v) is 7.01. The molecule has 116 valence electrons. The van der Waals surface area contributed by atoms with Gasteiger partial charge in [0.1, 0.15) is 0 Å². The molecule has 0 radical (unpaired) electrons. The first-order valence-corrected chi connectivity index (χ1v) is 8.36. The minimum Gasteiger partial charge on any atom is -0.504 e. The molecule has 22 heavy (non-hydrogen) atoms. The molecule has 0 saturated heterocycles. The van der Waals surface area contributed by atoms with Crippen molar-refractivity contribution in [2.75, 3.05) is 20.1 Å². The van der Waals surface area contributed by atoms with Crippen molar-refractivity contribution in [1.82, 2.24) is 4.90 Å². The number of hydrogen-bond acceptors (Lipinski definition) is 4. The molecule has 2 N–H and O–H groups in total. The summed E-state index contributed by atoms with van der Waals surface area (Å²) in [5.74, 6) is -0.00760. The molecule has 0 bridgehead atoms. The summed E-state index contributed by atoms with van der Waals surface area (Å²) in [6, 6.07) is 9.96. The molecule has 1 aliphatic rings. The zero-order valence-corrected chi connectivity index (χ0v) is 13.8. The predicted octanol–water partition coefficient (Wildman–Crippen LogP) is 3.59. The normalized spacial score (nSPS) is 15.4. The van der Waals surface area contributed by atoms with Crippen molar-refractivity contribution in [3.8, 4) is 11.5 Å². The number of fused-ring (bicyclic) bond motifs is 1. The first-order chi connectivity index (χ1) is 10.5. The molecule has 2 aromatic rings. The van der Waals surface area contributed by atoms with Crippen LogP contribution in [-0.2, 0) is 12.8 Å². The van der Waals surface area contributed by atoms with E-state index in [1.807, 2.05) is 0 Å². The van der Waals surface area contributed by atoms with E-state index in [1.54, 1.807) is 6.07 Å². The topological polar surface area (TPSA) is 43.7 Å². The van der Waals surface area contributed by atoms with Crippen LogP contribution in [0.4, 0.5) is 0 Å². The van der Waals surface area contributed by atoms with Crippen LogP contribution in [0.25, 0.3) is 0 Å². The lowest BCUT2D eigenvalue weighted by atomic mass is 10.0. The summed E-state index contributed by atoms with van der Waals surface area (Å²) < 4.78 is 0. The van der Waals surface area contributed by atoms with E-state index >= 15 is 0 Å². The van der Waals surface area contributed by atoms with Gasteiger partial charge in [0.2, 0.25) is 0 Å². The zero-order chi connectivity index (χ0) is 15.7. The summed E-state index contributed by atoms with van der Waals surface area (Å²) in [7, 11) is 2.11. The van der Waals surface area contributed by atoms with Gasteiger partial charge in [0.25, 0.3) is 0 Å². The quantitative estimate of drug-likeness (QED) is 0.831. The van der Waals surface area contributed by atoms with Gasteiger partial charge in [-0.1, -0.05) is 29.5 Å². The molecule has 4 heteroatoms. The lowest BCUT2D eigenvalue weighted by Crippen LogP contribution is -2.20. The maximum atomic E-state index is 10.3. The number of aryl methyl sites for hydroxylation is 1. The Labute approximate surface area is 135 Å². The number of hydrogen-bond donors (Lipinski definition) is 2. The standard InChI is InChI=1S/C18H21NO2S/c1-12-3-5-14(6-4-12)22-18-15-8-10-19(2)9-7-13(15)11-16(20)17(18)21/h3-6,11,20-21H,7-10H2,1-2H3. The highest BCUT2D eigenvalue weighted by molar-refractivity contribution is 7.99. The van der Waals surface area contributed by atoms with Crippen molar-refractivity contribution in [2.45, 2.75) is 29.6 Å². The van der Waals surface area contributed by atoms with Crippen LogP contribution in [0.1, 0.15) is 16.7 Å². The fourth-order valence-electron chi connectivity index (χ4n) is 2.78. The number of phenols is 2. The van der Waals surface area contributed by atoms with Crippen molar-refractivity contribution in [3.63, 3.8) is 0 Å². The number of phenolic OH excluding ortho intramolecular Hbond substituents is 2. The van der Waals surface area contributed by atoms with Crippen molar-refractivity contribution in [2.24, 2.45) is 0 Å². The summed E-state index contributed by atoms with van der Waals surface area (Å²) in [6.07, 6.45) is 1.80. The van der Waals surface area contributed by atoms with Gasteiger partial charge in [-0.2, -0.15) is 0 Å². The van der Waals surface area contributed by atoms with Crippen LogP contribution in [0.15, 0.2) is 40.1 Å². The zero-order valence-electron chi connectivity index (χ0n) is 13.0. The molecule has 0 fully saturated rings. The van der Waals surface area contributed by atoms with Crippen molar-refractivity contribution in [3.05, 3.63) is 47.0 Å². The largest absolute Gasteiger partial charge is 0.504 e. The van der Waals surface area contributed by atoms with Crippen LogP contribution >= 0.6 is 11.8 Å². The van der Waals surface area contributed by atoms with Gasteiger partial charge in [0, 0.05) is 18.0 Å². The third kappa shape index (κ3) is 3.08. The monoisotopic (exact) mass is 315 g/mol. The molecular formula is C18H21NO2S. The lowest BCUT2D eigenvalue weighted by Gasteiger charge is -2.15. The lowest BCUT2D eigenvalue weighted by molar-refractivity contribution is 0.352. The van der Waals surface area contributed by atoms with Gasteiger partial charge in [0.15, 0.2) is 11.5 Å². The smallest absolute Gasteiger partial charge is 0.171 e. The third-order valence-corrected chi connectivity index (χ3v) is 5.33. The van der Waals surface area contributed by atoms with E-state index in [2.05, 4.69) is 43.1 Å². The van der Waals surface area contributed by atoms with Gasteiger partial charge in [-0.25, -0.2) is 0 Å². The summed E-state index contributed by atoms with van der Waals surface area (Å²) in [5.41, 5.74) is 3.53. The molecule has 0 atom stereocenters. The molecule has 3 nitrogen and oxygen atoms in total. The molecule has 3 rings (SSSR count). The molecule has 0 aliphatic carbocycles. The van der Waals surface area contributed by atoms with Crippen LogP contribution in [0, 0.1) is 6.92 Å². The van der Waals surface area contributed by atoms with E-state index in [9.17, 15) is 10.2 Å². The summed E-state index contributed by atoms with van der Waals surface area (Å²) in [5, 5.41) is 20.4. The molecule has 0 unspecified atom stereocenters. The second kappa shape index (κ2) is 6.23. The Balaban J connectivity index is 2.02. The fourth-order valence-corrected chi connectivity index (χ4v) is 3.85. The SMILES string of the molecule is Cc1ccc(Sc2c(O)c(O)cc3c2CCN(C)CC3)cc1. The average Bonchev–Trinajstić information content (AvgIpc) is 2.68. The van der Waals surface area contributed by atoms with E-state index in [-0.39, 0.29) is 11.5 Å². The maximum absolute atomic E-state index is 10.3. The summed E-state index contributed by atoms with van der Waals surface area (Å²) in [6.45, 7) is 4.01. The summed E-state index contributed by atoms with van der Waals surface area (Å²) in [4.78, 5) is 4.16. The van der Waals surface area contributed by atoms with Gasteiger partial charge in [0.05, 0.1) is 4.90 Å². The van der Waals surface area contributed by atoms with Crippen LogP contribution in [0.3, 0.4) is 0 Å². The van der Waals surface area contributed by atoms with Crippen molar-refractivity contribution < 1.29 is 10.2 Å². The van der Waals surface area contributed by atoms with Gasteiger partial charge in [-0.05, 0) is 56.1 Å². The molecule has 1 aliphatic heterocycles. The Bertz CT molecular complexity index is 682. The van der Waals surface area contributed by atoms with Crippen LogP contribution < -0.4 is 0 Å². The first kappa shape index (κ1) is 15.3. The molecule has 0 amide bonds. The highest BCUT2D eigenvalue weighted by atomic mass is 32.2. The highest BCUT2D eigenvalue weighted by Crippen LogP contribution is 2.44. The molecule has 2 aromatic carbocycles. The van der Waals surface area contributed by atoms with E-state index in [0.29, 0.717) is 0 Å². The van der Waals surface area contributed by atoms with Gasteiger partial charge >= 0.3 is 0 Å². The number of aromatic hydroxyl groups is 2. The number of likely N-dealkylation sites (N-methyl/N-ethyl adjacent to an activating group) is 1. The van der Waals surface area contributed by atoms with E-state index in [0.717, 1.165) is 41.3 Å². The average molecular weight is 315 g/mol. The Hall–Kier alpha value is -1.65. The Morgan fingerprint density at radius 1 is 1.05 bits per heavy atom. The van der Waals surface area contributed by atoms with Crippen LogP contribution in [-0.4, -0.2) is 35.3 Å². The minimum atomic E-state index is -0.0158. The molecule has 0 spiro atoms. The summed E-state index contributed by atoms with van der Waals surface area (Å²) >= 11 is 1.53. The second-order valence-electron chi connectivity index (χ2n) is 5.93. The number of nitrogens with zero attached hydrogens (tertiary/aromatic N) is 1. The van der Waals surface area contributed by atoms with Gasteiger partial charge < -0.3 is 15.1 Å². The van der Waals surface area contributed by atoms with Crippen LogP contribution in [0.5, 0.6) is 11.5 Å². The Morgan fingerprint density at radius 3 is 2.45 bits per heavy atom. The molecule has 0 saturated carbocycles. The van der Waals surface area contributed by atoms with E-state index < -0.39 is 0 Å². The highest BCUT2D eigenvalue weighted by Gasteiger charge is 2.21. The Morgan fingerprint density at radius 2 is 1.73 bits per heavy atom. The first-order valence-electron chi connectivity index (χ1n) is 7.54. The molecule has 0 aromatic heterocycles. The Kier molecular flexibility index (Phi) is 4.32. The predicted molar refractivity (Wildman–Crippen MR) is 90.0 cm³/mol. The van der Waals surface area contributed by atoms with E-state index in [1.165, 1.54) is 22.9 Å². The van der Waals surface area contributed by atoms with Crippen molar-refractivity contribution in [1.29, 1.82) is 0 Å². The fraction of sp³-hybridized carbons (Fsp3) is 0.333. The minimum absolute atomic E-state index is 0.00822. The van der Waals surface area contributed by atoms with Gasteiger partial charge in [-0.3, -0.25) is 0 Å². The molecule has 1 heterocycles. The number of rotatable bonds is 2. The number of benzene rings is 2. The van der Waals surface area contributed by atoms with E-state index in [4.69, 9.17) is 0 Å². The maximum Gasteiger partial charge on any atom is 0.171 e. The van der Waals surface area contributed by atoms with Crippen molar-refractivity contribution >= 4 is 11.8 Å². The third-order valence-electron chi connectivity index (χ3n) is 4.18. The van der Waals surface area contributed by atoms with Gasteiger partial charge in [-0.15, -0.1) is 0 Å².